The number of carboxylic acid groups (broad SMARTS) is 1. The zero-order chi connectivity index (χ0) is 14.4. The molecule has 2 rings (SSSR count). The number of amides is 1. The van der Waals surface area contributed by atoms with Crippen molar-refractivity contribution in [2.75, 3.05) is 6.54 Å². The van der Waals surface area contributed by atoms with Crippen LogP contribution in [0.15, 0.2) is 42.9 Å². The Bertz CT molecular complexity index is 593. The van der Waals surface area contributed by atoms with E-state index >= 15 is 0 Å². The lowest BCUT2D eigenvalue weighted by Crippen LogP contribution is -2.30. The van der Waals surface area contributed by atoms with E-state index in [4.69, 9.17) is 5.11 Å². The Balaban J connectivity index is 1.81. The van der Waals surface area contributed by atoms with Crippen LogP contribution in [0, 0.1) is 0 Å². The number of nitrogens with zero attached hydrogens (tertiary/aromatic N) is 2. The zero-order valence-corrected chi connectivity index (χ0v) is 10.8. The van der Waals surface area contributed by atoms with Gasteiger partial charge in [0.25, 0.3) is 0 Å². The smallest absolute Gasteiger partial charge is 0.352 e. The molecule has 0 fully saturated rings. The molecule has 0 saturated heterocycles. The van der Waals surface area contributed by atoms with Crippen LogP contribution in [0.1, 0.15) is 16.1 Å². The van der Waals surface area contributed by atoms with Crippen molar-refractivity contribution in [3.8, 4) is 0 Å². The van der Waals surface area contributed by atoms with Gasteiger partial charge in [-0.25, -0.2) is 4.79 Å². The highest BCUT2D eigenvalue weighted by Gasteiger charge is 2.11. The molecule has 0 aliphatic rings. The van der Waals surface area contributed by atoms with Crippen LogP contribution >= 0.6 is 0 Å². The van der Waals surface area contributed by atoms with Gasteiger partial charge in [-0.1, -0.05) is 6.07 Å². The highest BCUT2D eigenvalue weighted by molar-refractivity contribution is 5.86. The highest BCUT2D eigenvalue weighted by atomic mass is 16.4. The first-order valence-electron chi connectivity index (χ1n) is 6.21. The third kappa shape index (κ3) is 3.68. The molecule has 0 saturated carbocycles. The first-order chi connectivity index (χ1) is 9.66. The van der Waals surface area contributed by atoms with Gasteiger partial charge in [0.1, 0.15) is 12.2 Å². The molecule has 0 unspecified atom stereocenters. The van der Waals surface area contributed by atoms with Gasteiger partial charge in [-0.05, 0) is 30.2 Å². The second-order valence-corrected chi connectivity index (χ2v) is 4.29. The molecule has 20 heavy (non-hydrogen) atoms. The van der Waals surface area contributed by atoms with E-state index in [2.05, 4.69) is 10.3 Å². The number of pyridine rings is 1. The molecule has 0 aromatic carbocycles. The number of nitrogens with one attached hydrogen (secondary N) is 1. The number of rotatable bonds is 6. The van der Waals surface area contributed by atoms with E-state index in [1.807, 2.05) is 12.1 Å². The standard InChI is InChI=1S/C14H15N3O3/c18-13(10-17-8-2-4-12(17)14(19)20)16-7-5-11-3-1-6-15-9-11/h1-4,6,8-9H,5,7,10H2,(H,16,18)(H,19,20). The van der Waals surface area contributed by atoms with Crippen molar-refractivity contribution < 1.29 is 14.7 Å². The Hall–Kier alpha value is -2.63. The number of carbonyl (C=O) groups is 2. The summed E-state index contributed by atoms with van der Waals surface area (Å²) in [6.07, 6.45) is 5.71. The van der Waals surface area contributed by atoms with E-state index in [0.29, 0.717) is 13.0 Å². The average Bonchev–Trinajstić information content (AvgIpc) is 2.88. The van der Waals surface area contributed by atoms with Gasteiger partial charge >= 0.3 is 5.97 Å². The van der Waals surface area contributed by atoms with Gasteiger partial charge in [-0.3, -0.25) is 9.78 Å². The summed E-state index contributed by atoms with van der Waals surface area (Å²) in [5, 5.41) is 11.7. The Morgan fingerprint density at radius 1 is 1.30 bits per heavy atom. The van der Waals surface area contributed by atoms with E-state index < -0.39 is 5.97 Å². The van der Waals surface area contributed by atoms with Crippen molar-refractivity contribution in [3.63, 3.8) is 0 Å². The van der Waals surface area contributed by atoms with Crippen molar-refractivity contribution >= 4 is 11.9 Å². The summed E-state index contributed by atoms with van der Waals surface area (Å²) in [7, 11) is 0. The van der Waals surface area contributed by atoms with Gasteiger partial charge in [0.05, 0.1) is 0 Å². The molecule has 2 heterocycles. The van der Waals surface area contributed by atoms with E-state index in [0.717, 1.165) is 5.56 Å². The largest absolute Gasteiger partial charge is 0.477 e. The summed E-state index contributed by atoms with van der Waals surface area (Å²) in [4.78, 5) is 26.6. The molecule has 0 atom stereocenters. The SMILES string of the molecule is O=C(Cn1cccc1C(=O)O)NCCc1cccnc1. The van der Waals surface area contributed by atoms with Gasteiger partial charge in [0.2, 0.25) is 5.91 Å². The van der Waals surface area contributed by atoms with Crippen LogP contribution in [0.4, 0.5) is 0 Å². The van der Waals surface area contributed by atoms with Crippen molar-refractivity contribution in [1.82, 2.24) is 14.9 Å². The second-order valence-electron chi connectivity index (χ2n) is 4.29. The lowest BCUT2D eigenvalue weighted by Gasteiger charge is -2.07. The number of aromatic carboxylic acids is 1. The minimum absolute atomic E-state index is 0.00166. The monoisotopic (exact) mass is 273 g/mol. The number of aromatic nitrogens is 2. The van der Waals surface area contributed by atoms with Gasteiger partial charge in [0, 0.05) is 25.1 Å². The first-order valence-corrected chi connectivity index (χ1v) is 6.21. The summed E-state index contributed by atoms with van der Waals surface area (Å²) < 4.78 is 1.40. The molecule has 0 aliphatic heterocycles. The minimum atomic E-state index is -1.04. The Morgan fingerprint density at radius 2 is 2.15 bits per heavy atom. The third-order valence-electron chi connectivity index (χ3n) is 2.82. The maximum Gasteiger partial charge on any atom is 0.352 e. The molecule has 6 heteroatoms. The lowest BCUT2D eigenvalue weighted by atomic mass is 10.2. The number of hydrogen-bond donors (Lipinski definition) is 2. The molecule has 104 valence electrons. The van der Waals surface area contributed by atoms with Gasteiger partial charge in [-0.2, -0.15) is 0 Å². The predicted octanol–water partition coefficient (Wildman–Crippen LogP) is 0.940. The summed E-state index contributed by atoms with van der Waals surface area (Å²) in [5.41, 5.74) is 1.15. The Labute approximate surface area is 116 Å². The van der Waals surface area contributed by atoms with Crippen molar-refractivity contribution in [3.05, 3.63) is 54.1 Å². The van der Waals surface area contributed by atoms with Gasteiger partial charge in [0.15, 0.2) is 0 Å². The van der Waals surface area contributed by atoms with E-state index in [1.165, 1.54) is 10.6 Å². The molecule has 6 nitrogen and oxygen atoms in total. The summed E-state index contributed by atoms with van der Waals surface area (Å²) in [6.45, 7) is 0.496. The first kappa shape index (κ1) is 13.8. The minimum Gasteiger partial charge on any atom is -0.477 e. The molecule has 2 N–H and O–H groups in total. The normalized spacial score (nSPS) is 10.2. The van der Waals surface area contributed by atoms with E-state index in [-0.39, 0.29) is 18.1 Å². The average molecular weight is 273 g/mol. The molecular weight excluding hydrogens is 258 g/mol. The fourth-order valence-electron chi connectivity index (χ4n) is 1.85. The molecular formula is C14H15N3O3. The van der Waals surface area contributed by atoms with Crippen LogP contribution in [-0.2, 0) is 17.8 Å². The summed E-state index contributed by atoms with van der Waals surface area (Å²) in [5.74, 6) is -1.26. The van der Waals surface area contributed by atoms with E-state index in [9.17, 15) is 9.59 Å². The van der Waals surface area contributed by atoms with Gasteiger partial charge in [-0.15, -0.1) is 0 Å². The van der Waals surface area contributed by atoms with Crippen molar-refractivity contribution in [2.45, 2.75) is 13.0 Å². The molecule has 1 amide bonds. The molecule has 0 bridgehead atoms. The second kappa shape index (κ2) is 6.51. The Morgan fingerprint density at radius 3 is 2.85 bits per heavy atom. The summed E-state index contributed by atoms with van der Waals surface area (Å²) in [6, 6.07) is 6.85. The van der Waals surface area contributed by atoms with Crippen LogP contribution in [-0.4, -0.2) is 33.1 Å². The predicted molar refractivity (Wildman–Crippen MR) is 72.3 cm³/mol. The third-order valence-corrected chi connectivity index (χ3v) is 2.82. The zero-order valence-electron chi connectivity index (χ0n) is 10.8. The molecule has 0 radical (unpaired) electrons. The number of carbonyl (C=O) groups excluding carboxylic acids is 1. The topological polar surface area (TPSA) is 84.2 Å². The maximum absolute atomic E-state index is 11.7. The molecule has 2 aromatic heterocycles. The van der Waals surface area contributed by atoms with Crippen LogP contribution in [0.3, 0.4) is 0 Å². The van der Waals surface area contributed by atoms with Crippen LogP contribution in [0.5, 0.6) is 0 Å². The molecule has 0 aliphatic carbocycles. The molecule has 2 aromatic rings. The van der Waals surface area contributed by atoms with Gasteiger partial charge < -0.3 is 15.0 Å². The summed E-state index contributed by atoms with van der Waals surface area (Å²) >= 11 is 0. The number of hydrogen-bond acceptors (Lipinski definition) is 3. The van der Waals surface area contributed by atoms with Crippen LogP contribution in [0.2, 0.25) is 0 Å². The van der Waals surface area contributed by atoms with Crippen molar-refractivity contribution in [2.24, 2.45) is 0 Å². The van der Waals surface area contributed by atoms with Crippen molar-refractivity contribution in [1.29, 1.82) is 0 Å². The number of carboxylic acids is 1. The lowest BCUT2D eigenvalue weighted by molar-refractivity contribution is -0.121. The fraction of sp³-hybridized carbons (Fsp3) is 0.214. The maximum atomic E-state index is 11.7. The quantitative estimate of drug-likeness (QED) is 0.820. The van der Waals surface area contributed by atoms with Crippen LogP contribution < -0.4 is 5.32 Å². The highest BCUT2D eigenvalue weighted by Crippen LogP contribution is 2.02. The Kier molecular flexibility index (Phi) is 4.49. The molecule has 0 spiro atoms. The van der Waals surface area contributed by atoms with Crippen LogP contribution in [0.25, 0.3) is 0 Å². The van der Waals surface area contributed by atoms with E-state index in [1.54, 1.807) is 24.7 Å². The fourth-order valence-corrected chi connectivity index (χ4v) is 1.85.